The van der Waals surface area contributed by atoms with E-state index in [4.69, 9.17) is 28.5 Å². The van der Waals surface area contributed by atoms with Gasteiger partial charge in [0.15, 0.2) is 22.9 Å². The Morgan fingerprint density at radius 2 is 1.33 bits per heavy atom. The predicted octanol–water partition coefficient (Wildman–Crippen LogP) is 6.13. The van der Waals surface area contributed by atoms with Gasteiger partial charge >= 0.3 is 11.9 Å². The Bertz CT molecular complexity index is 6180. The number of benzene rings is 6. The molecule has 3 unspecified atom stereocenters. The summed E-state index contributed by atoms with van der Waals surface area (Å²) in [7, 11) is 0. The number of fused-ring (bicyclic) bond motifs is 6. The highest BCUT2D eigenvalue weighted by Crippen LogP contribution is 2.44. The third kappa shape index (κ3) is 23.6. The van der Waals surface area contributed by atoms with Crippen molar-refractivity contribution < 1.29 is 77.3 Å². The third-order valence-electron chi connectivity index (χ3n) is 21.7. The summed E-state index contributed by atoms with van der Waals surface area (Å²) in [5.74, 6) is -13.5. The molecule has 1 fully saturated rings. The molecule has 0 bridgehead atoms. The van der Waals surface area contributed by atoms with Gasteiger partial charge in [0.2, 0.25) is 47.3 Å². The molecule has 12 rings (SSSR count). The van der Waals surface area contributed by atoms with Crippen LogP contribution in [0.3, 0.4) is 0 Å². The van der Waals surface area contributed by atoms with E-state index < -0.39 is 155 Å². The number of imide groups is 1. The number of hydrogen-bond acceptors (Lipinski definition) is 23. The van der Waals surface area contributed by atoms with Crippen molar-refractivity contribution in [3.05, 3.63) is 189 Å². The smallest absolute Gasteiger partial charge is 0.307 e. The molecule has 39 nitrogen and oxygen atoms in total. The number of halogens is 1. The quantitative estimate of drug-likeness (QED) is 0.00512. The molecule has 2 aliphatic heterocycles. The first-order valence-corrected chi connectivity index (χ1v) is 42.8. The van der Waals surface area contributed by atoms with Gasteiger partial charge in [0.05, 0.1) is 47.8 Å². The zero-order chi connectivity index (χ0) is 92.6. The molecule has 6 heterocycles. The molecule has 41 heteroatoms. The SMILES string of the molecule is C/C(=N/NC(=O)CCN1C(=O)CC(SCC(CC(=O)[C@@H](CC(=O)O)NC(=O)[C@@H](CCCNC(=N)N)NC(=O)[C@H](C)NC(=O)CCCNC(=O)c2ccc(NCc3cnc4nc(N)[nH]c(=O)c4n3)cc2)C(=O)O)C1=O)c1ccc(C(=O)N[C@H](C(=O)Nc2ccc3[nH]c(C(=O)Nc4ccc5[nH]c(C(=O)N6CC(CCl)c7c6cc(C)c6ccccc76)cc5c4)cc3c2)C(C)C)cc1. The lowest BCUT2D eigenvalue weighted by Gasteiger charge is -2.24. The molecule has 7 atom stereocenters. The van der Waals surface area contributed by atoms with E-state index in [0.717, 1.165) is 44.2 Å². The number of carboxylic acids is 2. The van der Waals surface area contributed by atoms with Crippen LogP contribution in [-0.4, -0.2) is 207 Å². The fraction of sp³-hybridized carbons (Fsp3) is 0.318. The van der Waals surface area contributed by atoms with E-state index in [-0.39, 0.29) is 98.0 Å². The molecule has 0 spiro atoms. The number of ketones is 1. The average Bonchev–Trinajstić information content (AvgIpc) is 1.59. The second-order valence-electron chi connectivity index (χ2n) is 31.5. The summed E-state index contributed by atoms with van der Waals surface area (Å²) in [6.45, 7) is 8.78. The van der Waals surface area contributed by atoms with Crippen molar-refractivity contribution in [2.75, 3.05) is 64.4 Å². The zero-order valence-corrected chi connectivity index (χ0v) is 72.1. The van der Waals surface area contributed by atoms with Crippen LogP contribution in [0.4, 0.5) is 28.7 Å². The third-order valence-corrected chi connectivity index (χ3v) is 23.4. The summed E-state index contributed by atoms with van der Waals surface area (Å²) < 4.78 is 0. The van der Waals surface area contributed by atoms with Gasteiger partial charge in [0.25, 0.3) is 29.2 Å². The number of alkyl halides is 1. The molecule has 2 aliphatic rings. The first kappa shape index (κ1) is 93.2. The van der Waals surface area contributed by atoms with Crippen molar-refractivity contribution in [3.63, 3.8) is 0 Å². The number of carbonyl (C=O) groups is 14. The Morgan fingerprint density at radius 3 is 2.01 bits per heavy atom. The van der Waals surface area contributed by atoms with E-state index in [0.29, 0.717) is 79.5 Å². The minimum absolute atomic E-state index is 0.0177. The number of amides is 11. The van der Waals surface area contributed by atoms with Gasteiger partial charge in [-0.3, -0.25) is 87.2 Å². The lowest BCUT2D eigenvalue weighted by Crippen LogP contribution is -2.55. The predicted molar refractivity (Wildman–Crippen MR) is 483 cm³/mol. The number of guanidine groups is 1. The number of H-pyrrole nitrogens is 3. The number of likely N-dealkylation sites (tertiary alicyclic amines) is 1. The van der Waals surface area contributed by atoms with E-state index in [1.54, 1.807) is 111 Å². The molecule has 10 aromatic rings. The molecule has 0 radical (unpaired) electrons. The summed E-state index contributed by atoms with van der Waals surface area (Å²) in [6.07, 6.45) is -1.35. The van der Waals surface area contributed by atoms with Crippen LogP contribution >= 0.6 is 23.4 Å². The number of anilines is 5. The Balaban J connectivity index is 0.558. The number of aromatic amines is 3. The van der Waals surface area contributed by atoms with E-state index in [2.05, 4.69) is 100 Å². The monoisotopic (exact) mass is 1800 g/mol. The number of aliphatic carboxylic acids is 2. The second-order valence-corrected chi connectivity index (χ2v) is 33.0. The number of thioether (sulfide) groups is 1. The minimum Gasteiger partial charge on any atom is -0.481 e. The van der Waals surface area contributed by atoms with Gasteiger partial charge in [0.1, 0.15) is 29.5 Å². The van der Waals surface area contributed by atoms with Crippen LogP contribution in [0.15, 0.2) is 143 Å². The highest BCUT2D eigenvalue weighted by molar-refractivity contribution is 8.00. The van der Waals surface area contributed by atoms with Crippen LogP contribution in [0, 0.1) is 24.2 Å². The molecule has 4 aromatic heterocycles. The Kier molecular flexibility index (Phi) is 30.3. The highest BCUT2D eigenvalue weighted by Gasteiger charge is 2.41. The molecule has 1 saturated heterocycles. The molecule has 11 amide bonds. The number of nitrogens with zero attached hydrogens (tertiary/aromatic N) is 6. The van der Waals surface area contributed by atoms with Crippen molar-refractivity contribution >= 4 is 190 Å². The number of hydrogen-bond donors (Lipinski definition) is 18. The van der Waals surface area contributed by atoms with E-state index in [9.17, 15) is 82.1 Å². The lowest BCUT2D eigenvalue weighted by atomic mass is 9.93. The van der Waals surface area contributed by atoms with Gasteiger partial charge in [-0.05, 0) is 164 Å². The van der Waals surface area contributed by atoms with E-state index in [1.807, 2.05) is 25.1 Å². The van der Waals surface area contributed by atoms with Gasteiger partial charge in [-0.1, -0.05) is 50.2 Å². The van der Waals surface area contributed by atoms with Gasteiger partial charge in [-0.15, -0.1) is 23.4 Å². The van der Waals surface area contributed by atoms with Crippen molar-refractivity contribution in [1.29, 1.82) is 5.41 Å². The Morgan fingerprint density at radius 1 is 0.682 bits per heavy atom. The Hall–Kier alpha value is -15.0. The molecule has 0 aliphatic carbocycles. The number of nitrogens with one attached hydrogen (secondary N) is 14. The van der Waals surface area contributed by atoms with E-state index in [1.165, 1.54) is 25.3 Å². The lowest BCUT2D eigenvalue weighted by molar-refractivity contribution is -0.144. The van der Waals surface area contributed by atoms with Gasteiger partial charge in [-0.25, -0.2) is 15.4 Å². The molecule has 0 saturated carbocycles. The van der Waals surface area contributed by atoms with E-state index >= 15 is 0 Å². The fourth-order valence-electron chi connectivity index (χ4n) is 14.8. The van der Waals surface area contributed by atoms with Gasteiger partial charge in [-0.2, -0.15) is 10.1 Å². The van der Waals surface area contributed by atoms with Crippen LogP contribution < -0.4 is 75.2 Å². The first-order valence-electron chi connectivity index (χ1n) is 41.2. The number of hydrazone groups is 1. The number of carbonyl (C=O) groups excluding carboxylic acids is 12. The standard InChI is InChI=1S/C88H95ClN22O17S/c1-43(2)74(82(123)100-56-23-24-60-50(31-56)33-64(101-60)81(122)99-55-22-25-61-51(32-55)34-65(102-61)84(125)111-41-53(38-89)73-59-11-7-6-10-58(59)44(3)30-66(73)111)105-79(120)49-16-14-47(15-17-49)45(4)108-109-70(114)26-29-110-71(115)37-68(85(110)126)129-42-52(86(127)128)35-67(112)63(36-72(116)117)104-80(121)62(12-8-28-94-87(90)91)103-77(118)46(5)97-69(113)13-9-27-93-78(119)48-18-20-54(21-19-48)95-39-57-40-96-76-75(98-57)83(124)107-88(92)106-76/h6-7,10-11,14-25,30-34,40,43,46,52-53,62-63,68,74,95,101-102H,8-9,12-13,26-29,35-39,41-42H2,1-5H3,(H,93,119)(H,97,113)(H,99,122)(H,100,123)(H,103,118)(H,104,121)(H,105,120)(H,109,114)(H,116,117)(H,127,128)(H4,90,91,94)(H3,92,96,106,107,124)/b108-45-/t46-,52?,53?,62+,63+,68?,74-/m0/s1. The highest BCUT2D eigenvalue weighted by atomic mass is 35.5. The molecule has 20 N–H and O–H groups in total. The first-order chi connectivity index (χ1) is 61.6. The van der Waals surface area contributed by atoms with Crippen molar-refractivity contribution in [3.8, 4) is 0 Å². The number of rotatable bonds is 40. The second kappa shape index (κ2) is 41.9. The summed E-state index contributed by atoms with van der Waals surface area (Å²) in [4.78, 5) is 223. The van der Waals surface area contributed by atoms with Gasteiger partial charge in [0, 0.05) is 125 Å². The number of aryl methyl sites for hydroxylation is 1. The summed E-state index contributed by atoms with van der Waals surface area (Å²) in [5.41, 5.74) is 21.1. The minimum atomic E-state index is -1.85. The maximum atomic E-state index is 14.2. The van der Waals surface area contributed by atoms with Crippen LogP contribution in [-0.2, 0) is 54.5 Å². The van der Waals surface area contributed by atoms with Gasteiger partial charge < -0.3 is 84.4 Å². The van der Waals surface area contributed by atoms with Crippen molar-refractivity contribution in [2.45, 2.75) is 128 Å². The molecule has 129 heavy (non-hydrogen) atoms. The summed E-state index contributed by atoms with van der Waals surface area (Å²) in [6, 6.07) is 30.9. The topological polar surface area (TPSA) is 598 Å². The number of Topliss-reactive ketones (excluding diaryl/α,β-unsaturated/α-hetero) is 1. The number of carboxylic acid groups (broad SMARTS) is 2. The molecule has 672 valence electrons. The maximum absolute atomic E-state index is 14.2. The fourth-order valence-corrected chi connectivity index (χ4v) is 16.3. The number of nitrogen functional groups attached to an aromatic ring is 1. The normalized spacial score (nSPS) is 14.9. The average molecular weight is 1800 g/mol. The molecule has 6 aromatic carbocycles. The van der Waals surface area contributed by atoms with Crippen molar-refractivity contribution in [1.82, 2.24) is 72.1 Å². The van der Waals surface area contributed by atoms with Crippen LogP contribution in [0.1, 0.15) is 149 Å². The largest absolute Gasteiger partial charge is 0.481 e. The summed E-state index contributed by atoms with van der Waals surface area (Å²) in [5, 5.41) is 58.4. The molecular formula is C88H95ClN22O17S. The van der Waals surface area contributed by atoms with Crippen LogP contribution in [0.25, 0.3) is 43.7 Å². The Labute approximate surface area is 744 Å². The molecular weight excluding hydrogens is 1700 g/mol. The summed E-state index contributed by atoms with van der Waals surface area (Å²) >= 11 is 7.24. The number of nitrogens with two attached hydrogens (primary N) is 2. The van der Waals surface area contributed by atoms with Crippen molar-refractivity contribution in [2.24, 2.45) is 22.7 Å². The zero-order valence-electron chi connectivity index (χ0n) is 70.6. The van der Waals surface area contributed by atoms with Crippen LogP contribution in [0.2, 0.25) is 0 Å². The maximum Gasteiger partial charge on any atom is 0.307 e. The van der Waals surface area contributed by atoms with Crippen LogP contribution in [0.5, 0.6) is 0 Å². The number of aromatic nitrogens is 6.